The third-order valence-corrected chi connectivity index (χ3v) is 6.03. The molecule has 0 saturated carbocycles. The molecule has 10 nitrogen and oxygen atoms in total. The second-order valence-electron chi connectivity index (χ2n) is 7.89. The molecule has 0 aliphatic carbocycles. The number of anilines is 2. The summed E-state index contributed by atoms with van der Waals surface area (Å²) < 4.78 is 12.3. The average molecular weight is 521 g/mol. The van der Waals surface area contributed by atoms with Gasteiger partial charge in [0.05, 0.1) is 19.2 Å². The van der Waals surface area contributed by atoms with Crippen molar-refractivity contribution < 1.29 is 14.3 Å². The Morgan fingerprint density at radius 1 is 1.16 bits per heavy atom. The number of pyridine rings is 2. The molecular formula is C26H25ClN6O4. The summed E-state index contributed by atoms with van der Waals surface area (Å²) in [6.45, 7) is 3.71. The van der Waals surface area contributed by atoms with Crippen LogP contribution in [0.5, 0.6) is 11.5 Å². The minimum Gasteiger partial charge on any atom is -0.497 e. The van der Waals surface area contributed by atoms with Crippen LogP contribution < -0.4 is 25.7 Å². The van der Waals surface area contributed by atoms with Gasteiger partial charge in [0.15, 0.2) is 0 Å². The number of hydrogen-bond donors (Lipinski definition) is 2. The Morgan fingerprint density at radius 3 is 2.68 bits per heavy atom. The van der Waals surface area contributed by atoms with Gasteiger partial charge in [-0.15, -0.1) is 0 Å². The number of aromatic nitrogens is 4. The van der Waals surface area contributed by atoms with E-state index in [1.165, 1.54) is 20.3 Å². The van der Waals surface area contributed by atoms with Crippen LogP contribution in [0.15, 0.2) is 60.0 Å². The van der Waals surface area contributed by atoms with Crippen LogP contribution in [0, 0.1) is 0 Å². The molecule has 1 amide bonds. The van der Waals surface area contributed by atoms with Gasteiger partial charge in [0.25, 0.3) is 5.56 Å². The second-order valence-corrected chi connectivity index (χ2v) is 8.26. The minimum absolute atomic E-state index is 0.258. The highest BCUT2D eigenvalue weighted by atomic mass is 35.5. The zero-order chi connectivity index (χ0) is 26.5. The Hall–Kier alpha value is -4.44. The highest BCUT2D eigenvalue weighted by Gasteiger charge is 2.19. The summed E-state index contributed by atoms with van der Waals surface area (Å²) >= 11 is 6.62. The topological polar surface area (TPSA) is 120 Å². The van der Waals surface area contributed by atoms with Gasteiger partial charge >= 0.3 is 0 Å². The summed E-state index contributed by atoms with van der Waals surface area (Å²) in [4.78, 5) is 38.8. The van der Waals surface area contributed by atoms with Crippen molar-refractivity contribution in [3.63, 3.8) is 0 Å². The van der Waals surface area contributed by atoms with E-state index in [9.17, 15) is 9.59 Å². The molecule has 2 N–H and O–H groups in total. The summed E-state index contributed by atoms with van der Waals surface area (Å²) in [5.41, 5.74) is 1.63. The van der Waals surface area contributed by atoms with Crippen molar-refractivity contribution in [1.82, 2.24) is 19.5 Å². The van der Waals surface area contributed by atoms with Gasteiger partial charge in [-0.1, -0.05) is 24.2 Å². The number of fused-ring (bicyclic) bond motifs is 1. The standard InChI is InChI=1S/C26H25ClN6O4/c1-5-22(34)31-21-8-6-7-16(30-21)9-10-33-24-15(14-29-26(28-2)32-24)11-19(25(33)35)18-12-17(36-3)13-20(37-4)23(18)27/h5-8,11-14H,1,9-10H2,2-4H3,(H,28,29,32)(H,30,31,34). The maximum atomic E-state index is 13.9. The van der Waals surface area contributed by atoms with Gasteiger partial charge in [-0.3, -0.25) is 14.2 Å². The number of carbonyl (C=O) groups is 1. The molecule has 3 aromatic heterocycles. The number of nitrogens with one attached hydrogen (secondary N) is 2. The van der Waals surface area contributed by atoms with Gasteiger partial charge in [0.2, 0.25) is 11.9 Å². The monoisotopic (exact) mass is 520 g/mol. The van der Waals surface area contributed by atoms with Crippen molar-refractivity contribution >= 4 is 40.3 Å². The molecule has 190 valence electrons. The van der Waals surface area contributed by atoms with E-state index in [2.05, 4.69) is 32.2 Å². The quantitative estimate of drug-likeness (QED) is 0.318. The van der Waals surface area contributed by atoms with Gasteiger partial charge in [0.1, 0.15) is 23.0 Å². The van der Waals surface area contributed by atoms with Gasteiger partial charge in [-0.25, -0.2) is 9.97 Å². The molecule has 0 unspecified atom stereocenters. The first kappa shape index (κ1) is 25.6. The number of carbonyl (C=O) groups excluding carboxylic acids is 1. The number of nitrogens with zero attached hydrogens (tertiary/aromatic N) is 4. The number of benzene rings is 1. The van der Waals surface area contributed by atoms with Crippen molar-refractivity contribution in [2.75, 3.05) is 31.9 Å². The zero-order valence-electron chi connectivity index (χ0n) is 20.5. The molecule has 4 rings (SSSR count). The molecule has 0 radical (unpaired) electrons. The SMILES string of the molecule is C=CC(=O)Nc1cccc(CCn2c(=O)c(-c3cc(OC)cc(OC)c3Cl)cc3cnc(NC)nc32)n1. The molecule has 0 aliphatic rings. The van der Waals surface area contributed by atoms with E-state index >= 15 is 0 Å². The summed E-state index contributed by atoms with van der Waals surface area (Å²) in [6.07, 6.45) is 3.20. The molecule has 0 fully saturated rings. The number of ether oxygens (including phenoxy) is 2. The van der Waals surface area contributed by atoms with E-state index < -0.39 is 0 Å². The molecule has 0 bridgehead atoms. The first-order valence-electron chi connectivity index (χ1n) is 11.3. The number of rotatable bonds is 9. The van der Waals surface area contributed by atoms with E-state index in [1.807, 2.05) is 6.07 Å². The van der Waals surface area contributed by atoms with Gasteiger partial charge in [-0.05, 0) is 30.3 Å². The fourth-order valence-electron chi connectivity index (χ4n) is 3.81. The molecule has 11 heteroatoms. The number of hydrogen-bond acceptors (Lipinski definition) is 8. The van der Waals surface area contributed by atoms with Crippen molar-refractivity contribution in [3.05, 3.63) is 76.3 Å². The first-order valence-corrected chi connectivity index (χ1v) is 11.7. The Morgan fingerprint density at radius 2 is 1.97 bits per heavy atom. The normalized spacial score (nSPS) is 10.7. The van der Waals surface area contributed by atoms with Crippen LogP contribution in [-0.2, 0) is 17.8 Å². The summed E-state index contributed by atoms with van der Waals surface area (Å²) in [6, 6.07) is 10.3. The van der Waals surface area contributed by atoms with Crippen LogP contribution in [0.2, 0.25) is 5.02 Å². The summed E-state index contributed by atoms with van der Waals surface area (Å²) in [5, 5.41) is 6.47. The Labute approximate surface area is 217 Å². The Balaban J connectivity index is 1.83. The van der Waals surface area contributed by atoms with Crippen LogP contribution in [0.1, 0.15) is 5.69 Å². The lowest BCUT2D eigenvalue weighted by atomic mass is 10.0. The number of methoxy groups -OCH3 is 2. The summed E-state index contributed by atoms with van der Waals surface area (Å²) in [5.74, 6) is 1.28. The lowest BCUT2D eigenvalue weighted by Gasteiger charge is -2.15. The fraction of sp³-hybridized carbons (Fsp3) is 0.192. The largest absolute Gasteiger partial charge is 0.497 e. The Kier molecular flexibility index (Phi) is 7.69. The maximum Gasteiger partial charge on any atom is 0.260 e. The van der Waals surface area contributed by atoms with Crippen LogP contribution in [0.3, 0.4) is 0 Å². The molecule has 3 heterocycles. The van der Waals surface area contributed by atoms with Crippen LogP contribution >= 0.6 is 11.6 Å². The molecular weight excluding hydrogens is 496 g/mol. The number of amides is 1. The molecule has 0 aliphatic heterocycles. The van der Waals surface area contributed by atoms with Crippen molar-refractivity contribution in [3.8, 4) is 22.6 Å². The van der Waals surface area contributed by atoms with Crippen molar-refractivity contribution in [2.45, 2.75) is 13.0 Å². The van der Waals surface area contributed by atoms with Crippen LogP contribution in [0.25, 0.3) is 22.2 Å². The molecule has 37 heavy (non-hydrogen) atoms. The summed E-state index contributed by atoms with van der Waals surface area (Å²) in [7, 11) is 4.72. The van der Waals surface area contributed by atoms with Gasteiger partial charge in [0, 0.05) is 54.5 Å². The lowest BCUT2D eigenvalue weighted by molar-refractivity contribution is -0.111. The minimum atomic E-state index is -0.360. The van der Waals surface area contributed by atoms with E-state index in [0.29, 0.717) is 57.5 Å². The third kappa shape index (κ3) is 5.39. The highest BCUT2D eigenvalue weighted by Crippen LogP contribution is 2.38. The van der Waals surface area contributed by atoms with Crippen molar-refractivity contribution in [2.24, 2.45) is 0 Å². The first-order chi connectivity index (χ1) is 17.9. The molecule has 4 aromatic rings. The van der Waals surface area contributed by atoms with Gasteiger partial charge in [-0.2, -0.15) is 4.98 Å². The number of aryl methyl sites for hydroxylation is 2. The third-order valence-electron chi connectivity index (χ3n) is 5.64. The highest BCUT2D eigenvalue weighted by molar-refractivity contribution is 6.35. The van der Waals surface area contributed by atoms with E-state index in [-0.39, 0.29) is 23.0 Å². The number of halogens is 1. The fourth-order valence-corrected chi connectivity index (χ4v) is 4.09. The molecule has 0 atom stereocenters. The lowest BCUT2D eigenvalue weighted by Crippen LogP contribution is -2.24. The molecule has 1 aromatic carbocycles. The van der Waals surface area contributed by atoms with Crippen LogP contribution in [-0.4, -0.2) is 46.7 Å². The average Bonchev–Trinajstić information content (AvgIpc) is 2.92. The van der Waals surface area contributed by atoms with E-state index in [0.717, 1.165) is 0 Å². The Bertz CT molecular complexity index is 1550. The zero-order valence-corrected chi connectivity index (χ0v) is 21.3. The predicted molar refractivity (Wildman–Crippen MR) is 144 cm³/mol. The van der Waals surface area contributed by atoms with Crippen LogP contribution in [0.4, 0.5) is 11.8 Å². The smallest absolute Gasteiger partial charge is 0.260 e. The molecule has 0 spiro atoms. The van der Waals surface area contributed by atoms with E-state index in [1.54, 1.807) is 48.1 Å². The van der Waals surface area contributed by atoms with Gasteiger partial charge < -0.3 is 20.1 Å². The van der Waals surface area contributed by atoms with Crippen molar-refractivity contribution in [1.29, 1.82) is 0 Å². The van der Waals surface area contributed by atoms with E-state index in [4.69, 9.17) is 21.1 Å². The second kappa shape index (κ2) is 11.1. The predicted octanol–water partition coefficient (Wildman–Crippen LogP) is 3.93. The maximum absolute atomic E-state index is 13.9. The molecule has 0 saturated heterocycles.